The Balaban J connectivity index is 1.99. The van der Waals surface area contributed by atoms with Gasteiger partial charge in [-0.05, 0) is 30.9 Å². The summed E-state index contributed by atoms with van der Waals surface area (Å²) >= 11 is 0. The first-order valence-corrected chi connectivity index (χ1v) is 7.18. The number of benzene rings is 1. The summed E-state index contributed by atoms with van der Waals surface area (Å²) in [6, 6.07) is 9.22. The normalized spacial score (nSPS) is 17.7. The molecular formula is C17H22O2. The molecule has 19 heavy (non-hydrogen) atoms. The fraction of sp³-hybridized carbons (Fsp3) is 0.471. The maximum absolute atomic E-state index is 12.1. The number of carbonyl (C=O) groups excluding carboxylic acids is 1. The van der Waals surface area contributed by atoms with Gasteiger partial charge in [-0.3, -0.25) is 0 Å². The molecule has 1 unspecified atom stereocenters. The second kappa shape index (κ2) is 7.13. The summed E-state index contributed by atoms with van der Waals surface area (Å²) in [5.74, 6) is 0.289. The molecule has 1 fully saturated rings. The second-order valence-corrected chi connectivity index (χ2v) is 5.23. The lowest BCUT2D eigenvalue weighted by molar-refractivity contribution is 0.00881. The Bertz CT molecular complexity index is 405. The molecule has 1 aliphatic rings. The van der Waals surface area contributed by atoms with Crippen LogP contribution in [0.2, 0.25) is 0 Å². The van der Waals surface area contributed by atoms with Gasteiger partial charge in [-0.1, -0.05) is 43.5 Å². The zero-order valence-electron chi connectivity index (χ0n) is 11.4. The van der Waals surface area contributed by atoms with Crippen molar-refractivity contribution in [1.82, 2.24) is 0 Å². The topological polar surface area (TPSA) is 26.3 Å². The quantitative estimate of drug-likeness (QED) is 0.579. The summed E-state index contributed by atoms with van der Waals surface area (Å²) in [4.78, 5) is 12.1. The highest BCUT2D eigenvalue weighted by Gasteiger charge is 2.26. The first kappa shape index (κ1) is 13.9. The smallest absolute Gasteiger partial charge is 0.338 e. The van der Waals surface area contributed by atoms with E-state index in [9.17, 15) is 4.79 Å². The molecule has 1 aromatic rings. The minimum Gasteiger partial charge on any atom is -0.458 e. The summed E-state index contributed by atoms with van der Waals surface area (Å²) in [7, 11) is 0. The average Bonchev–Trinajstić information content (AvgIpc) is 2.48. The van der Waals surface area contributed by atoms with Crippen LogP contribution in [0.1, 0.15) is 48.9 Å². The van der Waals surface area contributed by atoms with E-state index in [2.05, 4.69) is 6.58 Å². The van der Waals surface area contributed by atoms with Gasteiger partial charge in [0.1, 0.15) is 6.10 Å². The third-order valence-electron chi connectivity index (χ3n) is 3.84. The minimum atomic E-state index is -0.210. The number of esters is 1. The van der Waals surface area contributed by atoms with Crippen LogP contribution in [0.25, 0.3) is 0 Å². The lowest BCUT2D eigenvalue weighted by Crippen LogP contribution is -2.28. The molecule has 0 aliphatic heterocycles. The second-order valence-electron chi connectivity index (χ2n) is 5.23. The van der Waals surface area contributed by atoms with Crippen LogP contribution < -0.4 is 0 Å². The molecule has 2 rings (SSSR count). The van der Waals surface area contributed by atoms with Crippen LogP contribution in [0.5, 0.6) is 0 Å². The summed E-state index contributed by atoms with van der Waals surface area (Å²) < 4.78 is 5.71. The molecule has 0 heterocycles. The number of hydrogen-bond donors (Lipinski definition) is 0. The van der Waals surface area contributed by atoms with Crippen molar-refractivity contribution in [2.24, 2.45) is 5.92 Å². The molecule has 1 aromatic carbocycles. The van der Waals surface area contributed by atoms with E-state index in [0.717, 1.165) is 6.42 Å². The van der Waals surface area contributed by atoms with Gasteiger partial charge in [-0.25, -0.2) is 4.79 Å². The van der Waals surface area contributed by atoms with Gasteiger partial charge in [0.2, 0.25) is 0 Å². The van der Waals surface area contributed by atoms with E-state index in [0.29, 0.717) is 11.5 Å². The van der Waals surface area contributed by atoms with Crippen molar-refractivity contribution in [2.75, 3.05) is 0 Å². The largest absolute Gasteiger partial charge is 0.458 e. The first-order chi connectivity index (χ1) is 9.31. The molecule has 0 aromatic heterocycles. The molecule has 1 saturated carbocycles. The fourth-order valence-corrected chi connectivity index (χ4v) is 2.79. The van der Waals surface area contributed by atoms with E-state index in [4.69, 9.17) is 4.74 Å². The molecule has 0 spiro atoms. The van der Waals surface area contributed by atoms with E-state index in [1.165, 1.54) is 32.1 Å². The number of ether oxygens (including phenoxy) is 1. The van der Waals surface area contributed by atoms with Crippen LogP contribution in [-0.2, 0) is 4.74 Å². The highest BCUT2D eigenvalue weighted by Crippen LogP contribution is 2.30. The summed E-state index contributed by atoms with van der Waals surface area (Å²) in [6.07, 6.45) is 8.75. The Morgan fingerprint density at radius 3 is 2.58 bits per heavy atom. The molecule has 0 N–H and O–H groups in total. The minimum absolute atomic E-state index is 0.00879. The van der Waals surface area contributed by atoms with Gasteiger partial charge in [-0.2, -0.15) is 0 Å². The highest BCUT2D eigenvalue weighted by atomic mass is 16.5. The highest BCUT2D eigenvalue weighted by molar-refractivity contribution is 5.89. The Morgan fingerprint density at radius 2 is 1.95 bits per heavy atom. The van der Waals surface area contributed by atoms with Crippen LogP contribution in [0.15, 0.2) is 43.0 Å². The van der Waals surface area contributed by atoms with Crippen LogP contribution in [0.4, 0.5) is 0 Å². The Morgan fingerprint density at radius 1 is 1.26 bits per heavy atom. The van der Waals surface area contributed by atoms with Crippen LogP contribution in [0.3, 0.4) is 0 Å². The van der Waals surface area contributed by atoms with E-state index >= 15 is 0 Å². The number of hydrogen-bond acceptors (Lipinski definition) is 2. The summed E-state index contributed by atoms with van der Waals surface area (Å²) in [5.41, 5.74) is 0.632. The molecule has 2 nitrogen and oxygen atoms in total. The molecule has 0 amide bonds. The fourth-order valence-electron chi connectivity index (χ4n) is 2.79. The van der Waals surface area contributed by atoms with Gasteiger partial charge in [0.15, 0.2) is 0 Å². The molecule has 0 radical (unpaired) electrons. The van der Waals surface area contributed by atoms with Crippen molar-refractivity contribution < 1.29 is 9.53 Å². The monoisotopic (exact) mass is 258 g/mol. The van der Waals surface area contributed by atoms with Crippen molar-refractivity contribution in [3.8, 4) is 0 Å². The molecular weight excluding hydrogens is 236 g/mol. The third-order valence-corrected chi connectivity index (χ3v) is 3.84. The lowest BCUT2D eigenvalue weighted by atomic mass is 9.84. The number of carbonyl (C=O) groups is 1. The average molecular weight is 258 g/mol. The van der Waals surface area contributed by atoms with Crippen LogP contribution >= 0.6 is 0 Å². The van der Waals surface area contributed by atoms with Gasteiger partial charge in [0.05, 0.1) is 5.56 Å². The van der Waals surface area contributed by atoms with E-state index < -0.39 is 0 Å². The van der Waals surface area contributed by atoms with Crippen molar-refractivity contribution in [2.45, 2.75) is 44.6 Å². The Hall–Kier alpha value is -1.57. The maximum Gasteiger partial charge on any atom is 0.338 e. The van der Waals surface area contributed by atoms with E-state index in [1.54, 1.807) is 12.1 Å². The molecule has 1 aliphatic carbocycles. The summed E-state index contributed by atoms with van der Waals surface area (Å²) in [5, 5.41) is 0. The predicted octanol–water partition coefficient (Wildman–Crippen LogP) is 4.37. The van der Waals surface area contributed by atoms with Crippen molar-refractivity contribution in [3.63, 3.8) is 0 Å². The van der Waals surface area contributed by atoms with E-state index in [1.807, 2.05) is 24.3 Å². The zero-order valence-corrected chi connectivity index (χ0v) is 11.4. The van der Waals surface area contributed by atoms with Gasteiger partial charge in [0.25, 0.3) is 0 Å². The Labute approximate surface area is 115 Å². The standard InChI is InChI=1S/C17H22O2/c1-2-9-16(14-10-5-3-6-11-14)19-17(18)15-12-7-4-8-13-15/h2,4,7-8,12-14,16H,1,3,5-6,9-11H2. The first-order valence-electron chi connectivity index (χ1n) is 7.18. The predicted molar refractivity (Wildman–Crippen MR) is 77.0 cm³/mol. The maximum atomic E-state index is 12.1. The lowest BCUT2D eigenvalue weighted by Gasteiger charge is -2.29. The van der Waals surface area contributed by atoms with Gasteiger partial charge < -0.3 is 4.74 Å². The van der Waals surface area contributed by atoms with Crippen LogP contribution in [0, 0.1) is 5.92 Å². The molecule has 0 bridgehead atoms. The molecule has 0 saturated heterocycles. The zero-order chi connectivity index (χ0) is 13.5. The Kier molecular flexibility index (Phi) is 5.20. The SMILES string of the molecule is C=CCC(OC(=O)c1ccccc1)C1CCCCC1. The molecule has 2 heteroatoms. The summed E-state index contributed by atoms with van der Waals surface area (Å²) in [6.45, 7) is 3.78. The van der Waals surface area contributed by atoms with Crippen molar-refractivity contribution in [1.29, 1.82) is 0 Å². The van der Waals surface area contributed by atoms with Crippen molar-refractivity contribution >= 4 is 5.97 Å². The van der Waals surface area contributed by atoms with Gasteiger partial charge >= 0.3 is 5.97 Å². The van der Waals surface area contributed by atoms with Gasteiger partial charge in [-0.15, -0.1) is 6.58 Å². The van der Waals surface area contributed by atoms with Gasteiger partial charge in [0, 0.05) is 6.42 Å². The third kappa shape index (κ3) is 3.95. The molecule has 102 valence electrons. The van der Waals surface area contributed by atoms with Crippen LogP contribution in [-0.4, -0.2) is 12.1 Å². The molecule has 1 atom stereocenters. The number of rotatable bonds is 5. The van der Waals surface area contributed by atoms with Crippen molar-refractivity contribution in [3.05, 3.63) is 48.6 Å². The van der Waals surface area contributed by atoms with E-state index in [-0.39, 0.29) is 12.1 Å².